The molecule has 0 aromatic heterocycles. The van der Waals surface area contributed by atoms with Gasteiger partial charge in [-0.15, -0.1) is 0 Å². The Morgan fingerprint density at radius 1 is 1.12 bits per heavy atom. The van der Waals surface area contributed by atoms with Crippen LogP contribution in [0.1, 0.15) is 43.5 Å². The lowest BCUT2D eigenvalue weighted by Gasteiger charge is -2.17. The van der Waals surface area contributed by atoms with Crippen LogP contribution in [0.2, 0.25) is 0 Å². The predicted molar refractivity (Wildman–Crippen MR) is 97.8 cm³/mol. The molecule has 2 aromatic carbocycles. The van der Waals surface area contributed by atoms with Gasteiger partial charge in [-0.3, -0.25) is 9.59 Å². The summed E-state index contributed by atoms with van der Waals surface area (Å²) in [5, 5.41) is 2.87. The van der Waals surface area contributed by atoms with Crippen molar-refractivity contribution in [2.45, 2.75) is 39.2 Å². The molecule has 2 aromatic rings. The van der Waals surface area contributed by atoms with Crippen molar-refractivity contribution in [1.29, 1.82) is 0 Å². The molecule has 1 amide bonds. The fraction of sp³-hybridized carbons (Fsp3) is 0.300. The molecule has 1 atom stereocenters. The molecule has 0 aliphatic carbocycles. The molecule has 0 saturated carbocycles. The van der Waals surface area contributed by atoms with Crippen LogP contribution >= 0.6 is 0 Å². The maximum absolute atomic E-state index is 12.7. The second-order valence-electron chi connectivity index (χ2n) is 5.95. The Kier molecular flexibility index (Phi) is 6.13. The van der Waals surface area contributed by atoms with Crippen LogP contribution in [0.3, 0.4) is 0 Å². The summed E-state index contributed by atoms with van der Waals surface area (Å²) in [6.07, 6.45) is 2.54. The topological polar surface area (TPSA) is 72.2 Å². The largest absolute Gasteiger partial charge is 0.399 e. The number of Topliss-reactive ketones (excluding diaryl/α,β-unsaturated/α-hetero) is 1. The smallest absolute Gasteiger partial charge is 0.252 e. The Balaban J connectivity index is 2.31. The van der Waals surface area contributed by atoms with Crippen LogP contribution in [0, 0.1) is 0 Å². The molecule has 0 aliphatic heterocycles. The SMILES string of the molecule is CCCC[C@H](NC(=O)c1ccc(N)cc1-c1ccccc1)C(C)=O. The van der Waals surface area contributed by atoms with Crippen LogP contribution in [0.25, 0.3) is 11.1 Å². The number of nitrogen functional groups attached to an aromatic ring is 1. The maximum atomic E-state index is 12.7. The van der Waals surface area contributed by atoms with Gasteiger partial charge in [0.25, 0.3) is 5.91 Å². The molecule has 3 N–H and O–H groups in total. The summed E-state index contributed by atoms with van der Waals surface area (Å²) in [5.41, 5.74) is 8.71. The molecule has 4 heteroatoms. The fourth-order valence-electron chi connectivity index (χ4n) is 2.64. The van der Waals surface area contributed by atoms with E-state index in [2.05, 4.69) is 12.2 Å². The summed E-state index contributed by atoms with van der Waals surface area (Å²) < 4.78 is 0. The van der Waals surface area contributed by atoms with Gasteiger partial charge >= 0.3 is 0 Å². The third kappa shape index (κ3) is 4.44. The zero-order chi connectivity index (χ0) is 17.5. The molecule has 0 unspecified atom stereocenters. The van der Waals surface area contributed by atoms with E-state index >= 15 is 0 Å². The van der Waals surface area contributed by atoms with E-state index in [-0.39, 0.29) is 11.7 Å². The highest BCUT2D eigenvalue weighted by Gasteiger charge is 2.20. The van der Waals surface area contributed by atoms with Crippen molar-refractivity contribution >= 4 is 17.4 Å². The highest BCUT2D eigenvalue weighted by molar-refractivity contribution is 6.03. The first-order chi connectivity index (χ1) is 11.5. The molecule has 0 fully saturated rings. The number of carbonyl (C=O) groups is 2. The van der Waals surface area contributed by atoms with Gasteiger partial charge in [-0.25, -0.2) is 0 Å². The monoisotopic (exact) mass is 324 g/mol. The van der Waals surface area contributed by atoms with E-state index in [1.165, 1.54) is 6.92 Å². The van der Waals surface area contributed by atoms with Gasteiger partial charge in [0, 0.05) is 11.3 Å². The summed E-state index contributed by atoms with van der Waals surface area (Å²) in [4.78, 5) is 24.5. The van der Waals surface area contributed by atoms with Crippen LogP contribution in [-0.2, 0) is 4.79 Å². The van der Waals surface area contributed by atoms with Crippen LogP contribution in [0.5, 0.6) is 0 Å². The normalized spacial score (nSPS) is 11.8. The summed E-state index contributed by atoms with van der Waals surface area (Å²) in [6, 6.07) is 14.4. The summed E-state index contributed by atoms with van der Waals surface area (Å²) in [5.74, 6) is -0.265. The number of anilines is 1. The molecule has 0 spiro atoms. The average molecular weight is 324 g/mol. The van der Waals surface area contributed by atoms with Gasteiger partial charge in [-0.05, 0) is 42.7 Å². The first-order valence-corrected chi connectivity index (χ1v) is 8.29. The highest BCUT2D eigenvalue weighted by Crippen LogP contribution is 2.26. The first-order valence-electron chi connectivity index (χ1n) is 8.29. The van der Waals surface area contributed by atoms with Crippen LogP contribution < -0.4 is 11.1 Å². The molecule has 4 nitrogen and oxygen atoms in total. The summed E-state index contributed by atoms with van der Waals surface area (Å²) in [7, 11) is 0. The lowest BCUT2D eigenvalue weighted by molar-refractivity contribution is -0.119. The summed E-state index contributed by atoms with van der Waals surface area (Å²) >= 11 is 0. The lowest BCUT2D eigenvalue weighted by atomic mass is 9.97. The average Bonchev–Trinajstić information content (AvgIpc) is 2.58. The quantitative estimate of drug-likeness (QED) is 0.761. The van der Waals surface area contributed by atoms with E-state index in [1.807, 2.05) is 30.3 Å². The van der Waals surface area contributed by atoms with E-state index in [4.69, 9.17) is 5.73 Å². The molecule has 0 heterocycles. The van der Waals surface area contributed by atoms with Crippen LogP contribution in [0.4, 0.5) is 5.69 Å². The minimum absolute atomic E-state index is 0.0199. The van der Waals surface area contributed by atoms with E-state index in [0.29, 0.717) is 17.7 Å². The van der Waals surface area contributed by atoms with E-state index in [1.54, 1.807) is 18.2 Å². The number of rotatable bonds is 7. The number of benzene rings is 2. The third-order valence-corrected chi connectivity index (χ3v) is 4.02. The Morgan fingerprint density at radius 3 is 2.46 bits per heavy atom. The van der Waals surface area contributed by atoms with Gasteiger partial charge in [0.05, 0.1) is 6.04 Å². The first kappa shape index (κ1) is 17.7. The molecular weight excluding hydrogens is 300 g/mol. The second kappa shape index (κ2) is 8.29. The number of amides is 1. The molecule has 2 rings (SSSR count). The Bertz CT molecular complexity index is 711. The number of hydrogen-bond acceptors (Lipinski definition) is 3. The van der Waals surface area contributed by atoms with Crippen LogP contribution in [-0.4, -0.2) is 17.7 Å². The predicted octanol–water partition coefficient (Wildman–Crippen LogP) is 3.81. The molecule has 0 saturated heterocycles. The molecule has 126 valence electrons. The van der Waals surface area contributed by atoms with Gasteiger partial charge in [0.15, 0.2) is 5.78 Å². The third-order valence-electron chi connectivity index (χ3n) is 4.02. The Hall–Kier alpha value is -2.62. The van der Waals surface area contributed by atoms with Crippen molar-refractivity contribution in [2.24, 2.45) is 0 Å². The van der Waals surface area contributed by atoms with Crippen LogP contribution in [0.15, 0.2) is 48.5 Å². The standard InChI is InChI=1S/C20H24N2O2/c1-3-4-10-19(14(2)23)22-20(24)17-12-11-16(21)13-18(17)15-8-6-5-7-9-15/h5-9,11-13,19H,3-4,10,21H2,1-2H3,(H,22,24)/t19-/m0/s1. The Morgan fingerprint density at radius 2 is 1.83 bits per heavy atom. The van der Waals surface area contributed by atoms with E-state index in [9.17, 15) is 9.59 Å². The van der Waals surface area contributed by atoms with Crippen molar-refractivity contribution in [3.8, 4) is 11.1 Å². The van der Waals surface area contributed by atoms with E-state index in [0.717, 1.165) is 24.0 Å². The number of nitrogens with one attached hydrogen (secondary N) is 1. The molecule has 0 radical (unpaired) electrons. The summed E-state index contributed by atoms with van der Waals surface area (Å²) in [6.45, 7) is 3.58. The number of hydrogen-bond donors (Lipinski definition) is 2. The van der Waals surface area contributed by atoms with Crippen molar-refractivity contribution in [3.05, 3.63) is 54.1 Å². The van der Waals surface area contributed by atoms with Gasteiger partial charge in [0.2, 0.25) is 0 Å². The van der Waals surface area contributed by atoms with Gasteiger partial charge in [-0.1, -0.05) is 50.1 Å². The molecule has 24 heavy (non-hydrogen) atoms. The van der Waals surface area contributed by atoms with E-state index < -0.39 is 6.04 Å². The van der Waals surface area contributed by atoms with Gasteiger partial charge in [0.1, 0.15) is 0 Å². The zero-order valence-electron chi connectivity index (χ0n) is 14.2. The zero-order valence-corrected chi connectivity index (χ0v) is 14.2. The number of ketones is 1. The number of unbranched alkanes of at least 4 members (excludes halogenated alkanes) is 1. The van der Waals surface area contributed by atoms with Gasteiger partial charge in [-0.2, -0.15) is 0 Å². The fourth-order valence-corrected chi connectivity index (χ4v) is 2.64. The molecule has 0 aliphatic rings. The minimum atomic E-state index is -0.446. The number of nitrogens with two attached hydrogens (primary N) is 1. The molecular formula is C20H24N2O2. The maximum Gasteiger partial charge on any atom is 0.252 e. The number of carbonyl (C=O) groups excluding carboxylic acids is 2. The second-order valence-corrected chi connectivity index (χ2v) is 5.95. The van der Waals surface area contributed by atoms with Crippen molar-refractivity contribution in [2.75, 3.05) is 5.73 Å². The van der Waals surface area contributed by atoms with Crippen molar-refractivity contribution in [1.82, 2.24) is 5.32 Å². The molecule has 0 bridgehead atoms. The minimum Gasteiger partial charge on any atom is -0.399 e. The lowest BCUT2D eigenvalue weighted by Crippen LogP contribution is -2.39. The Labute approximate surface area is 143 Å². The van der Waals surface area contributed by atoms with Crippen molar-refractivity contribution in [3.63, 3.8) is 0 Å². The highest BCUT2D eigenvalue weighted by atomic mass is 16.2. The van der Waals surface area contributed by atoms with Crippen molar-refractivity contribution < 1.29 is 9.59 Å². The van der Waals surface area contributed by atoms with Gasteiger partial charge < -0.3 is 11.1 Å².